The predicted molar refractivity (Wildman–Crippen MR) is 122 cm³/mol. The number of rotatable bonds is 8. The molecule has 2 N–H and O–H groups in total. The van der Waals surface area contributed by atoms with Gasteiger partial charge in [-0.15, -0.1) is 0 Å². The van der Waals surface area contributed by atoms with Crippen LogP contribution in [0.15, 0.2) is 84.1 Å². The van der Waals surface area contributed by atoms with Crippen molar-refractivity contribution in [3.8, 4) is 5.75 Å². The van der Waals surface area contributed by atoms with Crippen molar-refractivity contribution in [3.05, 3.63) is 90.0 Å². The van der Waals surface area contributed by atoms with Gasteiger partial charge in [0.25, 0.3) is 15.9 Å². The van der Waals surface area contributed by atoms with Crippen molar-refractivity contribution < 1.29 is 17.9 Å². The molecule has 4 aromatic rings. The van der Waals surface area contributed by atoms with E-state index in [0.29, 0.717) is 16.5 Å². The van der Waals surface area contributed by atoms with Crippen LogP contribution in [0.5, 0.6) is 5.75 Å². The van der Waals surface area contributed by atoms with E-state index in [9.17, 15) is 13.2 Å². The van der Waals surface area contributed by atoms with Crippen LogP contribution < -0.4 is 14.8 Å². The largest absolute Gasteiger partial charge is 0.471 e. The highest BCUT2D eigenvalue weighted by atomic mass is 35.5. The van der Waals surface area contributed by atoms with Crippen molar-refractivity contribution in [1.82, 2.24) is 19.7 Å². The normalized spacial score (nSPS) is 11.1. The van der Waals surface area contributed by atoms with Crippen LogP contribution in [-0.2, 0) is 16.8 Å². The predicted octanol–water partition coefficient (Wildman–Crippen LogP) is 3.42. The lowest BCUT2D eigenvalue weighted by Crippen LogP contribution is -2.20. The molecule has 168 valence electrons. The summed E-state index contributed by atoms with van der Waals surface area (Å²) in [5, 5.41) is 7.40. The molecule has 0 aliphatic heterocycles. The van der Waals surface area contributed by atoms with Gasteiger partial charge in [-0.25, -0.2) is 27.8 Å². The maximum atomic E-state index is 12.7. The van der Waals surface area contributed by atoms with Crippen LogP contribution in [0.3, 0.4) is 0 Å². The molecule has 0 saturated carbocycles. The van der Waals surface area contributed by atoms with Crippen LogP contribution in [0.2, 0.25) is 5.02 Å². The molecule has 10 nitrogen and oxygen atoms in total. The molecule has 1 amide bonds. The van der Waals surface area contributed by atoms with Gasteiger partial charge < -0.3 is 10.1 Å². The number of aromatic nitrogens is 4. The minimum atomic E-state index is -3.87. The zero-order valence-electron chi connectivity index (χ0n) is 16.9. The molecule has 33 heavy (non-hydrogen) atoms. The summed E-state index contributed by atoms with van der Waals surface area (Å²) in [5.41, 5.74) is 0.671. The van der Waals surface area contributed by atoms with Crippen LogP contribution in [0.25, 0.3) is 0 Å². The average molecular weight is 485 g/mol. The fourth-order valence-electron chi connectivity index (χ4n) is 2.74. The molecular weight excluding hydrogens is 468 g/mol. The van der Waals surface area contributed by atoms with Gasteiger partial charge in [0.1, 0.15) is 11.4 Å². The zero-order chi connectivity index (χ0) is 23.3. The number of ether oxygens (including phenoxy) is 1. The molecule has 0 fully saturated rings. The first-order chi connectivity index (χ1) is 15.9. The van der Waals surface area contributed by atoms with Crippen molar-refractivity contribution in [1.29, 1.82) is 0 Å². The Morgan fingerprint density at radius 1 is 0.970 bits per heavy atom. The van der Waals surface area contributed by atoms with Crippen molar-refractivity contribution in [2.45, 2.75) is 11.6 Å². The fraction of sp³-hybridized carbons (Fsp3) is 0.0476. The van der Waals surface area contributed by atoms with Gasteiger partial charge in [0.15, 0.2) is 6.73 Å². The minimum Gasteiger partial charge on any atom is -0.471 e. The lowest BCUT2D eigenvalue weighted by Gasteiger charge is -2.11. The molecule has 0 bridgehead atoms. The fourth-order valence-corrected chi connectivity index (χ4v) is 3.82. The maximum Gasteiger partial charge on any atom is 0.274 e. The molecule has 0 saturated heterocycles. The quantitative estimate of drug-likeness (QED) is 0.392. The van der Waals surface area contributed by atoms with Crippen LogP contribution in [0, 0.1) is 0 Å². The summed E-state index contributed by atoms with van der Waals surface area (Å²) in [7, 11) is -3.87. The number of nitrogens with zero attached hydrogens (tertiary/aromatic N) is 4. The number of carbonyl (C=O) groups excluding carboxylic acids is 1. The van der Waals surface area contributed by atoms with Gasteiger partial charge in [-0.3, -0.25) is 4.79 Å². The first kappa shape index (κ1) is 22.2. The van der Waals surface area contributed by atoms with E-state index < -0.39 is 15.9 Å². The van der Waals surface area contributed by atoms with Gasteiger partial charge >= 0.3 is 0 Å². The molecule has 12 heteroatoms. The Hall–Kier alpha value is -3.96. The van der Waals surface area contributed by atoms with E-state index >= 15 is 0 Å². The first-order valence-electron chi connectivity index (χ1n) is 9.52. The molecule has 2 aromatic carbocycles. The highest BCUT2D eigenvalue weighted by Gasteiger charge is 2.17. The van der Waals surface area contributed by atoms with Crippen molar-refractivity contribution in [2.24, 2.45) is 0 Å². The summed E-state index contributed by atoms with van der Waals surface area (Å²) in [5.74, 6) is 0.107. The molecule has 0 spiro atoms. The van der Waals surface area contributed by atoms with Gasteiger partial charge in [0, 0.05) is 29.3 Å². The Labute approximate surface area is 194 Å². The van der Waals surface area contributed by atoms with E-state index in [1.807, 2.05) is 0 Å². The second-order valence-corrected chi connectivity index (χ2v) is 8.72. The first-order valence-corrected chi connectivity index (χ1v) is 11.4. The molecule has 2 aromatic heterocycles. The van der Waals surface area contributed by atoms with Gasteiger partial charge in [-0.1, -0.05) is 11.6 Å². The molecular formula is C21H17ClN6O4S. The molecule has 4 rings (SSSR count). The van der Waals surface area contributed by atoms with Crippen LogP contribution in [0.1, 0.15) is 10.5 Å². The van der Waals surface area contributed by atoms with E-state index in [1.54, 1.807) is 36.4 Å². The van der Waals surface area contributed by atoms with Crippen LogP contribution >= 0.6 is 11.6 Å². The Morgan fingerprint density at radius 3 is 2.36 bits per heavy atom. The van der Waals surface area contributed by atoms with E-state index in [-0.39, 0.29) is 23.3 Å². The summed E-state index contributed by atoms with van der Waals surface area (Å²) in [6.45, 7) is 0.0157. The highest BCUT2D eigenvalue weighted by Crippen LogP contribution is 2.18. The molecule has 0 aliphatic rings. The lowest BCUT2D eigenvalue weighted by atomic mass is 10.3. The van der Waals surface area contributed by atoms with Crippen LogP contribution in [-0.4, -0.2) is 34.1 Å². The summed E-state index contributed by atoms with van der Waals surface area (Å²) in [6.07, 6.45) is 4.33. The van der Waals surface area contributed by atoms with E-state index in [1.165, 1.54) is 47.5 Å². The Morgan fingerprint density at radius 2 is 1.67 bits per heavy atom. The number of hydrogen-bond acceptors (Lipinski definition) is 7. The standard InChI is InChI=1S/C21H17ClN6O4S/c22-15-2-6-17(7-3-15)32-14-28-19(10-13-25-28)20(29)26-16-4-8-18(9-5-16)33(30,31)27-21-23-11-1-12-24-21/h1-13H,14H2,(H,26,29)(H,23,24,27). The van der Waals surface area contributed by atoms with Gasteiger partial charge in [-0.05, 0) is 60.7 Å². The Kier molecular flexibility index (Phi) is 6.52. The Bertz CT molecular complexity index is 1340. The van der Waals surface area contributed by atoms with E-state index in [0.717, 1.165) is 0 Å². The molecule has 0 unspecified atom stereocenters. The zero-order valence-corrected chi connectivity index (χ0v) is 18.5. The summed E-state index contributed by atoms with van der Waals surface area (Å²) in [4.78, 5) is 20.4. The number of benzene rings is 2. The Balaban J connectivity index is 1.40. The summed E-state index contributed by atoms with van der Waals surface area (Å²) in [6, 6.07) is 15.6. The average Bonchev–Trinajstić information content (AvgIpc) is 3.28. The molecule has 0 radical (unpaired) electrons. The number of nitrogens with one attached hydrogen (secondary N) is 2. The minimum absolute atomic E-state index is 0.00522. The van der Waals surface area contributed by atoms with Crippen molar-refractivity contribution in [2.75, 3.05) is 10.0 Å². The highest BCUT2D eigenvalue weighted by molar-refractivity contribution is 7.92. The van der Waals surface area contributed by atoms with Crippen LogP contribution in [0.4, 0.5) is 11.6 Å². The second-order valence-electron chi connectivity index (χ2n) is 6.60. The molecule has 0 aliphatic carbocycles. The summed E-state index contributed by atoms with van der Waals surface area (Å²) >= 11 is 5.86. The van der Waals surface area contributed by atoms with Crippen molar-refractivity contribution >= 4 is 39.2 Å². The smallest absolute Gasteiger partial charge is 0.274 e. The van der Waals surface area contributed by atoms with Gasteiger partial charge in [0.2, 0.25) is 5.95 Å². The number of anilines is 2. The summed E-state index contributed by atoms with van der Waals surface area (Å²) < 4.78 is 34.2. The third kappa shape index (κ3) is 5.64. The third-order valence-electron chi connectivity index (χ3n) is 4.33. The molecule has 2 heterocycles. The number of amides is 1. The van der Waals surface area contributed by atoms with E-state index in [2.05, 4.69) is 25.1 Å². The van der Waals surface area contributed by atoms with Crippen molar-refractivity contribution in [3.63, 3.8) is 0 Å². The number of carbonyl (C=O) groups is 1. The maximum absolute atomic E-state index is 12.7. The van der Waals surface area contributed by atoms with E-state index in [4.69, 9.17) is 16.3 Å². The second kappa shape index (κ2) is 9.67. The monoisotopic (exact) mass is 484 g/mol. The van der Waals surface area contributed by atoms with Gasteiger partial charge in [0.05, 0.1) is 4.90 Å². The number of hydrogen-bond donors (Lipinski definition) is 2. The number of halogens is 1. The SMILES string of the molecule is O=C(Nc1ccc(S(=O)(=O)Nc2ncccn2)cc1)c1ccnn1COc1ccc(Cl)cc1. The molecule has 0 atom stereocenters. The van der Waals surface area contributed by atoms with Gasteiger partial charge in [-0.2, -0.15) is 5.10 Å². The topological polar surface area (TPSA) is 128 Å². The third-order valence-corrected chi connectivity index (χ3v) is 5.93. The lowest BCUT2D eigenvalue weighted by molar-refractivity contribution is 0.100. The number of sulfonamides is 1.